The van der Waals surface area contributed by atoms with Gasteiger partial charge in [0.1, 0.15) is 5.76 Å². The SMILES string of the molecule is Cc1cc(C(=O)NC(=O)C(=O)NCc2ccco2)n[nH]1. The second-order valence-electron chi connectivity index (χ2n) is 3.98. The van der Waals surface area contributed by atoms with E-state index in [0.29, 0.717) is 11.5 Å². The number of carbonyl (C=O) groups excluding carboxylic acids is 3. The first-order valence-corrected chi connectivity index (χ1v) is 5.74. The number of carbonyl (C=O) groups is 3. The van der Waals surface area contributed by atoms with Crippen molar-refractivity contribution < 1.29 is 18.8 Å². The molecule has 0 fully saturated rings. The Hall–Kier alpha value is -2.90. The number of nitrogens with zero attached hydrogens (tertiary/aromatic N) is 1. The molecule has 8 heteroatoms. The number of rotatable bonds is 3. The van der Waals surface area contributed by atoms with Gasteiger partial charge in [0.05, 0.1) is 12.8 Å². The van der Waals surface area contributed by atoms with Gasteiger partial charge in [-0.05, 0) is 25.1 Å². The van der Waals surface area contributed by atoms with Crippen molar-refractivity contribution >= 4 is 17.7 Å². The van der Waals surface area contributed by atoms with Crippen molar-refractivity contribution in [1.29, 1.82) is 0 Å². The van der Waals surface area contributed by atoms with Crippen molar-refractivity contribution in [3.8, 4) is 0 Å². The number of furan rings is 1. The van der Waals surface area contributed by atoms with Gasteiger partial charge in [-0.1, -0.05) is 0 Å². The smallest absolute Gasteiger partial charge is 0.316 e. The van der Waals surface area contributed by atoms with E-state index in [2.05, 4.69) is 15.5 Å². The summed E-state index contributed by atoms with van der Waals surface area (Å²) < 4.78 is 4.99. The molecule has 2 aromatic heterocycles. The molecule has 0 aliphatic heterocycles. The van der Waals surface area contributed by atoms with Gasteiger partial charge in [0.15, 0.2) is 5.69 Å². The van der Waals surface area contributed by atoms with Crippen LogP contribution in [0.2, 0.25) is 0 Å². The van der Waals surface area contributed by atoms with Crippen LogP contribution in [0.1, 0.15) is 21.9 Å². The number of amides is 3. The molecule has 104 valence electrons. The third-order valence-electron chi connectivity index (χ3n) is 2.38. The standard InChI is InChI=1S/C12H12N4O4/c1-7-5-9(16-15-7)10(17)14-12(19)11(18)13-6-8-3-2-4-20-8/h2-5H,6H2,1H3,(H,13,18)(H,15,16)(H,14,17,19). The summed E-state index contributed by atoms with van der Waals surface area (Å²) in [6.45, 7) is 1.77. The highest BCUT2D eigenvalue weighted by atomic mass is 16.3. The van der Waals surface area contributed by atoms with Crippen LogP contribution < -0.4 is 10.6 Å². The van der Waals surface area contributed by atoms with Gasteiger partial charge < -0.3 is 9.73 Å². The van der Waals surface area contributed by atoms with Gasteiger partial charge in [-0.2, -0.15) is 5.10 Å². The predicted octanol–water partition coefficient (Wildman–Crippen LogP) is -0.116. The Balaban J connectivity index is 1.84. The molecule has 2 aromatic rings. The van der Waals surface area contributed by atoms with E-state index in [1.165, 1.54) is 12.3 Å². The Morgan fingerprint density at radius 3 is 2.75 bits per heavy atom. The molecule has 0 saturated carbocycles. The molecule has 2 heterocycles. The van der Waals surface area contributed by atoms with Gasteiger partial charge in [-0.25, -0.2) is 0 Å². The molecule has 0 saturated heterocycles. The normalized spacial score (nSPS) is 10.1. The molecule has 3 N–H and O–H groups in total. The molecular weight excluding hydrogens is 264 g/mol. The lowest BCUT2D eigenvalue weighted by Gasteiger charge is -2.03. The molecule has 0 aromatic carbocycles. The quantitative estimate of drug-likeness (QED) is 0.676. The summed E-state index contributed by atoms with van der Waals surface area (Å²) in [7, 11) is 0. The molecule has 0 spiro atoms. The maximum atomic E-state index is 11.6. The highest BCUT2D eigenvalue weighted by Gasteiger charge is 2.19. The predicted molar refractivity (Wildman–Crippen MR) is 66.4 cm³/mol. The van der Waals surface area contributed by atoms with Crippen molar-refractivity contribution in [3.63, 3.8) is 0 Å². The van der Waals surface area contributed by atoms with Gasteiger partial charge in [-0.3, -0.25) is 24.8 Å². The van der Waals surface area contributed by atoms with Gasteiger partial charge in [-0.15, -0.1) is 0 Å². The number of hydrogen-bond acceptors (Lipinski definition) is 5. The second-order valence-corrected chi connectivity index (χ2v) is 3.98. The Morgan fingerprint density at radius 1 is 1.35 bits per heavy atom. The first-order chi connectivity index (χ1) is 9.56. The maximum absolute atomic E-state index is 11.6. The number of aryl methyl sites for hydroxylation is 1. The van der Waals surface area contributed by atoms with Crippen molar-refractivity contribution in [2.24, 2.45) is 0 Å². The monoisotopic (exact) mass is 276 g/mol. The van der Waals surface area contributed by atoms with Crippen molar-refractivity contribution in [1.82, 2.24) is 20.8 Å². The Kier molecular flexibility index (Phi) is 3.94. The van der Waals surface area contributed by atoms with Gasteiger partial charge in [0, 0.05) is 5.69 Å². The Bertz CT molecular complexity index is 630. The summed E-state index contributed by atoms with van der Waals surface area (Å²) in [6.07, 6.45) is 1.45. The van der Waals surface area contributed by atoms with Crippen LogP contribution in [-0.4, -0.2) is 27.9 Å². The summed E-state index contributed by atoms with van der Waals surface area (Å²) in [5.41, 5.74) is 0.708. The molecule has 0 aliphatic rings. The summed E-state index contributed by atoms with van der Waals surface area (Å²) >= 11 is 0. The van der Waals surface area contributed by atoms with E-state index < -0.39 is 17.7 Å². The summed E-state index contributed by atoms with van der Waals surface area (Å²) in [4.78, 5) is 34.5. The highest BCUT2D eigenvalue weighted by molar-refractivity contribution is 6.38. The van der Waals surface area contributed by atoms with Crippen molar-refractivity contribution in [2.45, 2.75) is 13.5 Å². The van der Waals surface area contributed by atoms with E-state index in [9.17, 15) is 14.4 Å². The van der Waals surface area contributed by atoms with E-state index >= 15 is 0 Å². The van der Waals surface area contributed by atoms with Crippen LogP contribution >= 0.6 is 0 Å². The highest BCUT2D eigenvalue weighted by Crippen LogP contribution is 1.99. The minimum Gasteiger partial charge on any atom is -0.467 e. The molecule has 0 bridgehead atoms. The molecule has 0 radical (unpaired) electrons. The topological polar surface area (TPSA) is 117 Å². The number of nitrogens with one attached hydrogen (secondary N) is 3. The van der Waals surface area contributed by atoms with Crippen LogP contribution in [0.15, 0.2) is 28.9 Å². The third-order valence-corrected chi connectivity index (χ3v) is 2.38. The fraction of sp³-hybridized carbons (Fsp3) is 0.167. The lowest BCUT2D eigenvalue weighted by Crippen LogP contribution is -2.42. The number of aromatic amines is 1. The zero-order valence-corrected chi connectivity index (χ0v) is 10.6. The van der Waals surface area contributed by atoms with Crippen molar-refractivity contribution in [2.75, 3.05) is 0 Å². The van der Waals surface area contributed by atoms with E-state index in [-0.39, 0.29) is 12.2 Å². The maximum Gasteiger partial charge on any atom is 0.316 e. The summed E-state index contributed by atoms with van der Waals surface area (Å²) in [5.74, 6) is -2.22. The zero-order chi connectivity index (χ0) is 14.5. The second kappa shape index (κ2) is 5.83. The van der Waals surface area contributed by atoms with Crippen LogP contribution in [0, 0.1) is 6.92 Å². The largest absolute Gasteiger partial charge is 0.467 e. The lowest BCUT2D eigenvalue weighted by molar-refractivity contribution is -0.138. The van der Waals surface area contributed by atoms with E-state index in [0.717, 1.165) is 0 Å². The van der Waals surface area contributed by atoms with Crippen LogP contribution in [0.3, 0.4) is 0 Å². The first kappa shape index (κ1) is 13.5. The minimum atomic E-state index is -1.05. The van der Waals surface area contributed by atoms with Crippen LogP contribution in [-0.2, 0) is 16.1 Å². The third kappa shape index (κ3) is 3.31. The molecule has 3 amide bonds. The zero-order valence-electron chi connectivity index (χ0n) is 10.6. The Morgan fingerprint density at radius 2 is 2.15 bits per heavy atom. The fourth-order valence-corrected chi connectivity index (χ4v) is 1.42. The molecular formula is C12H12N4O4. The number of H-pyrrole nitrogens is 1. The van der Waals surface area contributed by atoms with Crippen molar-refractivity contribution in [3.05, 3.63) is 41.6 Å². The molecule has 20 heavy (non-hydrogen) atoms. The van der Waals surface area contributed by atoms with Gasteiger partial charge in [0.25, 0.3) is 5.91 Å². The molecule has 0 unspecified atom stereocenters. The number of aromatic nitrogens is 2. The fourth-order valence-electron chi connectivity index (χ4n) is 1.42. The van der Waals surface area contributed by atoms with Gasteiger partial charge >= 0.3 is 11.8 Å². The van der Waals surface area contributed by atoms with Crippen LogP contribution in [0.4, 0.5) is 0 Å². The average molecular weight is 276 g/mol. The van der Waals surface area contributed by atoms with E-state index in [1.807, 2.05) is 5.32 Å². The average Bonchev–Trinajstić information content (AvgIpc) is 3.06. The molecule has 0 aliphatic carbocycles. The summed E-state index contributed by atoms with van der Waals surface area (Å²) in [5, 5.41) is 10.5. The molecule has 8 nitrogen and oxygen atoms in total. The summed E-state index contributed by atoms with van der Waals surface area (Å²) in [6, 6.07) is 4.77. The van der Waals surface area contributed by atoms with Crippen LogP contribution in [0.5, 0.6) is 0 Å². The number of hydrogen-bond donors (Lipinski definition) is 3. The van der Waals surface area contributed by atoms with E-state index in [4.69, 9.17) is 4.42 Å². The first-order valence-electron chi connectivity index (χ1n) is 5.74. The van der Waals surface area contributed by atoms with E-state index in [1.54, 1.807) is 19.1 Å². The minimum absolute atomic E-state index is 0.0367. The van der Waals surface area contributed by atoms with Crippen LogP contribution in [0.25, 0.3) is 0 Å². The molecule has 2 rings (SSSR count). The Labute approximate surface area is 113 Å². The molecule has 0 atom stereocenters. The lowest BCUT2D eigenvalue weighted by atomic mass is 10.3. The van der Waals surface area contributed by atoms with Gasteiger partial charge in [0.2, 0.25) is 0 Å². The number of imide groups is 1.